The molecule has 0 spiro atoms. The first kappa shape index (κ1) is 23.1. The quantitative estimate of drug-likeness (QED) is 0.537. The predicted molar refractivity (Wildman–Crippen MR) is 134 cm³/mol. The van der Waals surface area contributed by atoms with E-state index in [1.54, 1.807) is 0 Å². The Hall–Kier alpha value is -2.61. The number of carbonyl (C=O) groups excluding carboxylic acids is 1. The van der Waals surface area contributed by atoms with Crippen molar-refractivity contribution in [3.8, 4) is 11.1 Å². The van der Waals surface area contributed by atoms with E-state index >= 15 is 0 Å². The second kappa shape index (κ2) is 10.3. The summed E-state index contributed by atoms with van der Waals surface area (Å²) in [5.41, 5.74) is 4.42. The van der Waals surface area contributed by atoms with Crippen molar-refractivity contribution in [1.29, 1.82) is 0 Å². The highest BCUT2D eigenvalue weighted by Crippen LogP contribution is 2.29. The SMILES string of the molecule is CN1CCOC(CC(=O)Cc2cc3cc(-c4cnn(C)c4CN4CCCCC4)ccc3cn2)C1. The van der Waals surface area contributed by atoms with Gasteiger partial charge >= 0.3 is 0 Å². The van der Waals surface area contributed by atoms with Gasteiger partial charge in [-0.15, -0.1) is 0 Å². The molecule has 2 aliphatic heterocycles. The van der Waals surface area contributed by atoms with Crippen LogP contribution in [0.2, 0.25) is 0 Å². The summed E-state index contributed by atoms with van der Waals surface area (Å²) in [6, 6.07) is 8.54. The predicted octanol–water partition coefficient (Wildman–Crippen LogP) is 3.45. The van der Waals surface area contributed by atoms with E-state index in [-0.39, 0.29) is 11.9 Å². The average molecular weight is 462 g/mol. The Bertz CT molecular complexity index is 1150. The largest absolute Gasteiger partial charge is 0.375 e. The summed E-state index contributed by atoms with van der Waals surface area (Å²) in [5, 5.41) is 6.76. The number of ether oxygens (including phenoxy) is 1. The van der Waals surface area contributed by atoms with Gasteiger partial charge < -0.3 is 9.64 Å². The normalized spacial score (nSPS) is 20.1. The van der Waals surface area contributed by atoms with Crippen molar-refractivity contribution in [3.05, 3.63) is 48.0 Å². The minimum Gasteiger partial charge on any atom is -0.375 e. The number of carbonyl (C=O) groups is 1. The van der Waals surface area contributed by atoms with Gasteiger partial charge in [0.2, 0.25) is 0 Å². The molecule has 0 N–H and O–H groups in total. The molecule has 7 nitrogen and oxygen atoms in total. The molecule has 2 aliphatic rings. The van der Waals surface area contributed by atoms with E-state index in [1.165, 1.54) is 30.5 Å². The van der Waals surface area contributed by atoms with Crippen LogP contribution < -0.4 is 0 Å². The van der Waals surface area contributed by atoms with E-state index in [1.807, 2.05) is 24.1 Å². The smallest absolute Gasteiger partial charge is 0.141 e. The summed E-state index contributed by atoms with van der Waals surface area (Å²) in [4.78, 5) is 22.0. The van der Waals surface area contributed by atoms with Gasteiger partial charge in [0.05, 0.1) is 24.6 Å². The zero-order chi connectivity index (χ0) is 23.5. The molecule has 1 unspecified atom stereocenters. The van der Waals surface area contributed by atoms with Gasteiger partial charge in [0, 0.05) is 62.4 Å². The van der Waals surface area contributed by atoms with E-state index in [0.29, 0.717) is 19.4 Å². The van der Waals surface area contributed by atoms with Crippen LogP contribution >= 0.6 is 0 Å². The number of nitrogens with zero attached hydrogens (tertiary/aromatic N) is 5. The molecule has 5 rings (SSSR count). The van der Waals surface area contributed by atoms with Gasteiger partial charge in [0.15, 0.2) is 0 Å². The van der Waals surface area contributed by atoms with Crippen LogP contribution in [0.4, 0.5) is 0 Å². The van der Waals surface area contributed by atoms with Crippen molar-refractivity contribution in [3.63, 3.8) is 0 Å². The summed E-state index contributed by atoms with van der Waals surface area (Å²) in [5.74, 6) is 0.180. The number of fused-ring (bicyclic) bond motifs is 1. The Balaban J connectivity index is 1.33. The molecule has 34 heavy (non-hydrogen) atoms. The number of aromatic nitrogens is 3. The number of piperidine rings is 1. The molecule has 3 aromatic rings. The molecule has 0 aliphatic carbocycles. The van der Waals surface area contributed by atoms with E-state index in [4.69, 9.17) is 4.74 Å². The fraction of sp³-hybridized carbons (Fsp3) is 0.519. The summed E-state index contributed by atoms with van der Waals surface area (Å²) >= 11 is 0. The first-order chi connectivity index (χ1) is 16.5. The van der Waals surface area contributed by atoms with Crippen LogP contribution in [0.3, 0.4) is 0 Å². The number of likely N-dealkylation sites (tertiary alicyclic amines) is 1. The lowest BCUT2D eigenvalue weighted by atomic mass is 10.0. The molecule has 180 valence electrons. The zero-order valence-electron chi connectivity index (χ0n) is 20.4. The van der Waals surface area contributed by atoms with E-state index in [9.17, 15) is 4.79 Å². The first-order valence-corrected chi connectivity index (χ1v) is 12.5. The molecule has 2 saturated heterocycles. The number of Topliss-reactive ketones (excluding diaryl/α,β-unsaturated/α-hetero) is 1. The third-order valence-electron chi connectivity index (χ3n) is 7.15. The van der Waals surface area contributed by atoms with E-state index in [2.05, 4.69) is 51.2 Å². The third-order valence-corrected chi connectivity index (χ3v) is 7.15. The molecule has 2 aromatic heterocycles. The molecular weight excluding hydrogens is 426 g/mol. The molecule has 0 amide bonds. The van der Waals surface area contributed by atoms with Crippen LogP contribution in [0.1, 0.15) is 37.1 Å². The Morgan fingerprint density at radius 2 is 1.91 bits per heavy atom. The Morgan fingerprint density at radius 3 is 2.74 bits per heavy atom. The number of rotatable bonds is 7. The van der Waals surface area contributed by atoms with Crippen molar-refractivity contribution in [2.45, 2.75) is 44.8 Å². The number of morpholine rings is 1. The van der Waals surface area contributed by atoms with Gasteiger partial charge in [-0.3, -0.25) is 19.4 Å². The van der Waals surface area contributed by atoms with Crippen molar-refractivity contribution in [2.24, 2.45) is 7.05 Å². The van der Waals surface area contributed by atoms with Crippen molar-refractivity contribution >= 4 is 16.6 Å². The molecule has 7 heteroatoms. The molecule has 0 radical (unpaired) electrons. The molecule has 0 saturated carbocycles. The van der Waals surface area contributed by atoms with Crippen molar-refractivity contribution in [1.82, 2.24) is 24.6 Å². The standard InChI is InChI=1S/C27H35N5O2/c1-30-10-11-34-25(18-30)15-24(33)14-23-13-22-12-20(6-7-21(22)16-28-23)26-17-29-31(2)27(26)19-32-8-4-3-5-9-32/h6-7,12-13,16-17,25H,3-5,8-11,14-15,18-19H2,1-2H3. The second-order valence-electron chi connectivity index (χ2n) is 9.88. The van der Waals surface area contributed by atoms with Gasteiger partial charge in [-0.1, -0.05) is 18.6 Å². The van der Waals surface area contributed by atoms with E-state index in [0.717, 1.165) is 54.8 Å². The fourth-order valence-electron chi connectivity index (χ4n) is 5.19. The Morgan fingerprint density at radius 1 is 1.06 bits per heavy atom. The Kier molecular flexibility index (Phi) is 7.04. The average Bonchev–Trinajstić information content (AvgIpc) is 3.19. The molecule has 2 fully saturated rings. The first-order valence-electron chi connectivity index (χ1n) is 12.5. The Labute approximate surface area is 201 Å². The molecule has 1 atom stereocenters. The highest BCUT2D eigenvalue weighted by Gasteiger charge is 2.21. The van der Waals surface area contributed by atoms with Crippen LogP contribution in [0.15, 0.2) is 36.7 Å². The topological polar surface area (TPSA) is 63.5 Å². The third kappa shape index (κ3) is 5.37. The van der Waals surface area contributed by atoms with Gasteiger partial charge in [-0.25, -0.2) is 0 Å². The number of aryl methyl sites for hydroxylation is 1. The molecule has 4 heterocycles. The van der Waals surface area contributed by atoms with Gasteiger partial charge in [-0.05, 0) is 56.1 Å². The van der Waals surface area contributed by atoms with Gasteiger partial charge in [0.25, 0.3) is 0 Å². The molecule has 1 aromatic carbocycles. The highest BCUT2D eigenvalue weighted by atomic mass is 16.5. The molecule has 0 bridgehead atoms. The summed E-state index contributed by atoms with van der Waals surface area (Å²) in [6.45, 7) is 5.68. The maximum atomic E-state index is 12.7. The maximum absolute atomic E-state index is 12.7. The van der Waals surface area contributed by atoms with Gasteiger partial charge in [-0.2, -0.15) is 5.10 Å². The van der Waals surface area contributed by atoms with Crippen molar-refractivity contribution < 1.29 is 9.53 Å². The summed E-state index contributed by atoms with van der Waals surface area (Å²) in [7, 11) is 4.11. The number of likely N-dealkylation sites (N-methyl/N-ethyl adjacent to an activating group) is 1. The van der Waals surface area contributed by atoms with Crippen molar-refractivity contribution in [2.75, 3.05) is 39.8 Å². The van der Waals surface area contributed by atoms with Crippen LogP contribution in [0.25, 0.3) is 21.9 Å². The van der Waals surface area contributed by atoms with Crippen LogP contribution in [0.5, 0.6) is 0 Å². The number of benzene rings is 1. The zero-order valence-corrected chi connectivity index (χ0v) is 20.4. The second-order valence-corrected chi connectivity index (χ2v) is 9.88. The van der Waals surface area contributed by atoms with Crippen LogP contribution in [-0.4, -0.2) is 76.3 Å². The lowest BCUT2D eigenvalue weighted by molar-refractivity contribution is -0.123. The number of hydrogen-bond acceptors (Lipinski definition) is 6. The molecular formula is C27H35N5O2. The maximum Gasteiger partial charge on any atom is 0.141 e. The fourth-order valence-corrected chi connectivity index (χ4v) is 5.19. The number of pyridine rings is 1. The highest BCUT2D eigenvalue weighted by molar-refractivity contribution is 5.88. The van der Waals surface area contributed by atoms with Crippen LogP contribution in [0, 0.1) is 0 Å². The monoisotopic (exact) mass is 461 g/mol. The lowest BCUT2D eigenvalue weighted by Gasteiger charge is -2.29. The summed E-state index contributed by atoms with van der Waals surface area (Å²) < 4.78 is 7.77. The number of hydrogen-bond donors (Lipinski definition) is 0. The minimum atomic E-state index is -0.0118. The van der Waals surface area contributed by atoms with Gasteiger partial charge in [0.1, 0.15) is 5.78 Å². The summed E-state index contributed by atoms with van der Waals surface area (Å²) in [6.07, 6.45) is 8.53. The minimum absolute atomic E-state index is 0.0118. The van der Waals surface area contributed by atoms with Crippen LogP contribution in [-0.2, 0) is 29.5 Å². The lowest BCUT2D eigenvalue weighted by Crippen LogP contribution is -2.41. The number of ketones is 1. The van der Waals surface area contributed by atoms with E-state index < -0.39 is 0 Å².